The van der Waals surface area contributed by atoms with E-state index in [1.807, 2.05) is 78.6 Å². The standard InChI is InChI=1S/C29H28ClIN2O3S/c1-18-6-11-22(12-7-18)37-29(28(36)32-21-9-10-21)15-26(35)33(16-20-4-2-3-5-24(20)30)27(29)23-13-8-19(17-34)14-25(23)31/h2-8,11-14,21,27,34H,9-10,15-17H2,1H3,(H,32,36)/t27-,29-/m1/s1. The summed E-state index contributed by atoms with van der Waals surface area (Å²) in [5.74, 6) is -0.194. The van der Waals surface area contributed by atoms with Crippen LogP contribution in [0.5, 0.6) is 0 Å². The molecular weight excluding hydrogens is 619 g/mol. The SMILES string of the molecule is Cc1ccc(S[C@]2(C(=O)NC3CC3)CC(=O)N(Cc3ccccc3Cl)[C@@H]2c2ccc(CO)cc2I)cc1. The van der Waals surface area contributed by atoms with Crippen LogP contribution in [0.15, 0.2) is 71.6 Å². The lowest BCUT2D eigenvalue weighted by molar-refractivity contribution is -0.129. The summed E-state index contributed by atoms with van der Waals surface area (Å²) in [6.07, 6.45) is 2.00. The molecule has 1 heterocycles. The Morgan fingerprint density at radius 2 is 1.89 bits per heavy atom. The van der Waals surface area contributed by atoms with E-state index in [0.717, 1.165) is 43.6 Å². The van der Waals surface area contributed by atoms with Crippen molar-refractivity contribution in [1.29, 1.82) is 0 Å². The normalized spacial score (nSPS) is 21.4. The van der Waals surface area contributed by atoms with Crippen LogP contribution in [0.2, 0.25) is 5.02 Å². The third-order valence-electron chi connectivity index (χ3n) is 6.95. The second kappa shape index (κ2) is 11.0. The number of rotatable bonds is 8. The first-order chi connectivity index (χ1) is 17.8. The first-order valence-electron chi connectivity index (χ1n) is 12.3. The third-order valence-corrected chi connectivity index (χ3v) is 9.67. The lowest BCUT2D eigenvalue weighted by Crippen LogP contribution is -2.49. The number of nitrogens with one attached hydrogen (secondary N) is 1. The summed E-state index contributed by atoms with van der Waals surface area (Å²) in [7, 11) is 0. The average molecular weight is 647 g/mol. The molecule has 3 aromatic carbocycles. The molecule has 1 saturated heterocycles. The van der Waals surface area contributed by atoms with E-state index in [1.54, 1.807) is 0 Å². The highest BCUT2D eigenvalue weighted by atomic mass is 127. The number of nitrogens with zero attached hydrogens (tertiary/aromatic N) is 1. The lowest BCUT2D eigenvalue weighted by atomic mass is 9.90. The van der Waals surface area contributed by atoms with Crippen molar-refractivity contribution < 1.29 is 14.7 Å². The summed E-state index contributed by atoms with van der Waals surface area (Å²) in [6.45, 7) is 2.25. The van der Waals surface area contributed by atoms with Crippen molar-refractivity contribution in [2.45, 2.75) is 61.1 Å². The van der Waals surface area contributed by atoms with Crippen LogP contribution in [0.4, 0.5) is 0 Å². The molecule has 37 heavy (non-hydrogen) atoms. The van der Waals surface area contributed by atoms with Crippen LogP contribution < -0.4 is 5.32 Å². The van der Waals surface area contributed by atoms with Crippen molar-refractivity contribution in [2.24, 2.45) is 0 Å². The van der Waals surface area contributed by atoms with Gasteiger partial charge in [0.25, 0.3) is 0 Å². The van der Waals surface area contributed by atoms with Crippen molar-refractivity contribution in [3.8, 4) is 0 Å². The van der Waals surface area contributed by atoms with Gasteiger partial charge in [0.1, 0.15) is 4.75 Å². The van der Waals surface area contributed by atoms with E-state index in [-0.39, 0.29) is 30.9 Å². The smallest absolute Gasteiger partial charge is 0.239 e. The van der Waals surface area contributed by atoms with E-state index in [9.17, 15) is 14.7 Å². The topological polar surface area (TPSA) is 69.6 Å². The Labute approximate surface area is 240 Å². The molecule has 5 rings (SSSR count). The maximum absolute atomic E-state index is 14.1. The molecular formula is C29H28ClIN2O3S. The molecule has 1 saturated carbocycles. The van der Waals surface area contributed by atoms with Gasteiger partial charge in [-0.25, -0.2) is 0 Å². The molecule has 5 nitrogen and oxygen atoms in total. The summed E-state index contributed by atoms with van der Waals surface area (Å²) in [5.41, 5.74) is 3.65. The fourth-order valence-corrected chi connectivity index (χ4v) is 7.29. The van der Waals surface area contributed by atoms with Crippen LogP contribution in [0, 0.1) is 10.5 Å². The molecule has 2 aliphatic rings. The number of aliphatic hydroxyl groups is 1. The Kier molecular flexibility index (Phi) is 7.86. The molecule has 0 aromatic heterocycles. The summed E-state index contributed by atoms with van der Waals surface area (Å²) < 4.78 is -0.169. The third kappa shape index (κ3) is 5.55. The lowest BCUT2D eigenvalue weighted by Gasteiger charge is -2.37. The zero-order chi connectivity index (χ0) is 26.2. The van der Waals surface area contributed by atoms with Crippen molar-refractivity contribution in [1.82, 2.24) is 10.2 Å². The Hall–Kier alpha value is -2.07. The molecule has 0 bridgehead atoms. The second-order valence-corrected chi connectivity index (χ2v) is 12.7. The van der Waals surface area contributed by atoms with Crippen LogP contribution >= 0.6 is 46.0 Å². The van der Waals surface area contributed by atoms with E-state index in [2.05, 4.69) is 27.9 Å². The maximum atomic E-state index is 14.1. The number of carbonyl (C=O) groups excluding carboxylic acids is 2. The van der Waals surface area contributed by atoms with Gasteiger partial charge >= 0.3 is 0 Å². The molecule has 2 fully saturated rings. The quantitative estimate of drug-likeness (QED) is 0.294. The molecule has 0 unspecified atom stereocenters. The minimum atomic E-state index is -1.07. The van der Waals surface area contributed by atoms with Gasteiger partial charge in [0.05, 0.1) is 19.1 Å². The number of aliphatic hydroxyl groups excluding tert-OH is 1. The van der Waals surface area contributed by atoms with Gasteiger partial charge in [0.15, 0.2) is 0 Å². The number of amides is 2. The van der Waals surface area contributed by atoms with Crippen LogP contribution in [-0.2, 0) is 22.7 Å². The highest BCUT2D eigenvalue weighted by molar-refractivity contribution is 14.1. The van der Waals surface area contributed by atoms with Crippen LogP contribution in [-0.4, -0.2) is 32.6 Å². The number of likely N-dealkylation sites (tertiary alicyclic amines) is 1. The van der Waals surface area contributed by atoms with Gasteiger partial charge in [-0.3, -0.25) is 9.59 Å². The number of carbonyl (C=O) groups is 2. The average Bonchev–Trinajstić information content (AvgIpc) is 3.65. The molecule has 8 heteroatoms. The molecule has 2 amide bonds. The molecule has 2 atom stereocenters. The number of halogens is 2. The molecule has 0 radical (unpaired) electrons. The molecule has 192 valence electrons. The fraction of sp³-hybridized carbons (Fsp3) is 0.310. The van der Waals surface area contributed by atoms with Gasteiger partial charge in [0.2, 0.25) is 11.8 Å². The van der Waals surface area contributed by atoms with E-state index < -0.39 is 10.8 Å². The Morgan fingerprint density at radius 3 is 2.54 bits per heavy atom. The Morgan fingerprint density at radius 1 is 1.16 bits per heavy atom. The predicted octanol–water partition coefficient (Wildman–Crippen LogP) is 6.03. The largest absolute Gasteiger partial charge is 0.392 e. The van der Waals surface area contributed by atoms with E-state index >= 15 is 0 Å². The molecule has 3 aromatic rings. The van der Waals surface area contributed by atoms with E-state index in [4.69, 9.17) is 11.6 Å². The summed E-state index contributed by atoms with van der Waals surface area (Å²) in [6, 6.07) is 21.0. The molecule has 1 aliphatic carbocycles. The van der Waals surface area contributed by atoms with Gasteiger partial charge in [-0.05, 0) is 83.3 Å². The van der Waals surface area contributed by atoms with Gasteiger partial charge in [-0.1, -0.05) is 59.6 Å². The number of hydrogen-bond acceptors (Lipinski definition) is 4. The number of benzene rings is 3. The van der Waals surface area contributed by atoms with Crippen molar-refractivity contribution >= 4 is 57.8 Å². The summed E-state index contributed by atoms with van der Waals surface area (Å²) >= 11 is 10.2. The van der Waals surface area contributed by atoms with Crippen molar-refractivity contribution in [2.75, 3.05) is 0 Å². The maximum Gasteiger partial charge on any atom is 0.239 e. The minimum absolute atomic E-state index is 0.0748. The monoisotopic (exact) mass is 646 g/mol. The van der Waals surface area contributed by atoms with E-state index in [1.165, 1.54) is 11.8 Å². The summed E-state index contributed by atoms with van der Waals surface area (Å²) in [4.78, 5) is 30.7. The number of hydrogen-bond donors (Lipinski definition) is 2. The van der Waals surface area contributed by atoms with Crippen molar-refractivity contribution in [3.05, 3.63) is 97.6 Å². The summed E-state index contributed by atoms with van der Waals surface area (Å²) in [5, 5.41) is 13.5. The van der Waals surface area contributed by atoms with Crippen LogP contribution in [0.3, 0.4) is 0 Å². The first-order valence-corrected chi connectivity index (χ1v) is 14.6. The van der Waals surface area contributed by atoms with Crippen molar-refractivity contribution in [3.63, 3.8) is 0 Å². The van der Waals surface area contributed by atoms with Crippen LogP contribution in [0.1, 0.15) is 47.6 Å². The highest BCUT2D eigenvalue weighted by Crippen LogP contribution is 2.54. The Bertz CT molecular complexity index is 1330. The zero-order valence-corrected chi connectivity index (χ0v) is 24.1. The fourth-order valence-electron chi connectivity index (χ4n) is 4.81. The second-order valence-electron chi connectivity index (χ2n) is 9.76. The molecule has 2 N–H and O–H groups in total. The Balaban J connectivity index is 1.65. The highest BCUT2D eigenvalue weighted by Gasteiger charge is 2.59. The van der Waals surface area contributed by atoms with Gasteiger partial charge in [0, 0.05) is 26.1 Å². The van der Waals surface area contributed by atoms with E-state index in [0.29, 0.717) is 11.6 Å². The van der Waals surface area contributed by atoms with Crippen LogP contribution in [0.25, 0.3) is 0 Å². The van der Waals surface area contributed by atoms with Gasteiger partial charge < -0.3 is 15.3 Å². The number of aryl methyl sites for hydroxylation is 1. The zero-order valence-electron chi connectivity index (χ0n) is 20.4. The number of thioether (sulfide) groups is 1. The molecule has 0 spiro atoms. The molecule has 1 aliphatic heterocycles. The first kappa shape index (κ1) is 26.5. The van der Waals surface area contributed by atoms with Gasteiger partial charge in [-0.2, -0.15) is 0 Å². The minimum Gasteiger partial charge on any atom is -0.392 e. The van der Waals surface area contributed by atoms with Gasteiger partial charge in [-0.15, -0.1) is 11.8 Å². The predicted molar refractivity (Wildman–Crippen MR) is 155 cm³/mol.